The maximum absolute atomic E-state index is 14.0. The number of nitrogens with one attached hydrogen (secondary N) is 1. The van der Waals surface area contributed by atoms with Crippen LogP contribution in [-0.2, 0) is 21.4 Å². The van der Waals surface area contributed by atoms with Crippen molar-refractivity contribution in [3.8, 4) is 0 Å². The first kappa shape index (κ1) is 23.1. The SMILES string of the molecule is COC(=O)C1(Nc2cccc(Cl)c2)CCC2(CC1)c1ccc(F)cc1C[C@H]2C[C@@H](C)CO. The van der Waals surface area contributed by atoms with Crippen molar-refractivity contribution < 1.29 is 19.0 Å². The Labute approximate surface area is 194 Å². The summed E-state index contributed by atoms with van der Waals surface area (Å²) in [7, 11) is 1.42. The highest BCUT2D eigenvalue weighted by molar-refractivity contribution is 6.30. The van der Waals surface area contributed by atoms with Gasteiger partial charge in [-0.05, 0) is 97.2 Å². The molecule has 0 saturated heterocycles. The van der Waals surface area contributed by atoms with Gasteiger partial charge in [0.15, 0.2) is 0 Å². The average molecular weight is 460 g/mol. The molecule has 4 nitrogen and oxygen atoms in total. The van der Waals surface area contributed by atoms with Gasteiger partial charge in [-0.3, -0.25) is 0 Å². The third-order valence-corrected chi connectivity index (χ3v) is 7.87. The number of rotatable bonds is 6. The van der Waals surface area contributed by atoms with Crippen LogP contribution in [0.3, 0.4) is 0 Å². The third kappa shape index (κ3) is 4.13. The van der Waals surface area contributed by atoms with E-state index in [1.165, 1.54) is 12.7 Å². The maximum atomic E-state index is 14.0. The fourth-order valence-corrected chi connectivity index (χ4v) is 6.18. The van der Waals surface area contributed by atoms with Crippen LogP contribution in [0, 0.1) is 17.7 Å². The summed E-state index contributed by atoms with van der Waals surface area (Å²) in [6.07, 6.45) is 4.47. The lowest BCUT2D eigenvalue weighted by molar-refractivity contribution is -0.148. The van der Waals surface area contributed by atoms with Gasteiger partial charge in [0.1, 0.15) is 11.4 Å². The lowest BCUT2D eigenvalue weighted by Crippen LogP contribution is -2.53. The zero-order chi connectivity index (χ0) is 22.9. The third-order valence-electron chi connectivity index (χ3n) is 7.63. The van der Waals surface area contributed by atoms with Crippen molar-refractivity contribution in [3.05, 3.63) is 64.4 Å². The van der Waals surface area contributed by atoms with Crippen LogP contribution in [0.2, 0.25) is 5.02 Å². The number of benzene rings is 2. The average Bonchev–Trinajstić information content (AvgIpc) is 3.06. The Kier molecular flexibility index (Phi) is 6.51. The largest absolute Gasteiger partial charge is 0.467 e. The van der Waals surface area contributed by atoms with Gasteiger partial charge >= 0.3 is 5.97 Å². The molecule has 6 heteroatoms. The fraction of sp³-hybridized carbons (Fsp3) is 0.500. The number of hydrogen-bond acceptors (Lipinski definition) is 4. The molecule has 1 fully saturated rings. The topological polar surface area (TPSA) is 58.6 Å². The van der Waals surface area contributed by atoms with Crippen LogP contribution < -0.4 is 5.32 Å². The molecule has 1 saturated carbocycles. The van der Waals surface area contributed by atoms with Crippen molar-refractivity contribution in [3.63, 3.8) is 0 Å². The van der Waals surface area contributed by atoms with Crippen molar-refractivity contribution >= 4 is 23.3 Å². The lowest BCUT2D eigenvalue weighted by Gasteiger charge is -2.47. The van der Waals surface area contributed by atoms with Crippen LogP contribution >= 0.6 is 11.6 Å². The maximum Gasteiger partial charge on any atom is 0.331 e. The van der Waals surface area contributed by atoms with Crippen molar-refractivity contribution in [1.82, 2.24) is 0 Å². The van der Waals surface area contributed by atoms with Crippen molar-refractivity contribution in [1.29, 1.82) is 0 Å². The lowest BCUT2D eigenvalue weighted by atomic mass is 9.59. The first-order valence-electron chi connectivity index (χ1n) is 11.3. The number of carbonyl (C=O) groups is 1. The van der Waals surface area contributed by atoms with Gasteiger partial charge in [-0.1, -0.05) is 30.7 Å². The molecule has 2 atom stereocenters. The second kappa shape index (κ2) is 9.03. The molecule has 0 aromatic heterocycles. The van der Waals surface area contributed by atoms with Gasteiger partial charge in [0.2, 0.25) is 0 Å². The molecule has 0 radical (unpaired) electrons. The van der Waals surface area contributed by atoms with Crippen LogP contribution in [0.1, 0.15) is 50.2 Å². The highest BCUT2D eigenvalue weighted by Gasteiger charge is 2.54. The molecule has 2 N–H and O–H groups in total. The normalized spacial score (nSPS) is 27.7. The number of hydrogen-bond donors (Lipinski definition) is 2. The van der Waals surface area contributed by atoms with E-state index in [4.69, 9.17) is 16.3 Å². The smallest absolute Gasteiger partial charge is 0.331 e. The second-order valence-electron chi connectivity index (χ2n) is 9.59. The number of fused-ring (bicyclic) bond motifs is 2. The van der Waals surface area contributed by atoms with Crippen LogP contribution in [0.4, 0.5) is 10.1 Å². The van der Waals surface area contributed by atoms with Gasteiger partial charge in [0.25, 0.3) is 0 Å². The number of aliphatic hydroxyl groups excluding tert-OH is 1. The van der Waals surface area contributed by atoms with Gasteiger partial charge in [-0.15, -0.1) is 0 Å². The van der Waals surface area contributed by atoms with Crippen molar-refractivity contribution in [2.75, 3.05) is 19.0 Å². The molecule has 0 heterocycles. The van der Waals surface area contributed by atoms with Crippen molar-refractivity contribution in [2.45, 2.75) is 56.4 Å². The van der Waals surface area contributed by atoms with E-state index >= 15 is 0 Å². The molecule has 172 valence electrons. The first-order chi connectivity index (χ1) is 15.3. The minimum atomic E-state index is -0.833. The molecule has 2 aliphatic carbocycles. The van der Waals surface area contributed by atoms with E-state index in [-0.39, 0.29) is 29.7 Å². The standard InChI is InChI=1S/C26H31ClFNO3/c1-17(16-30)12-19-13-18-14-21(28)6-7-23(18)25(19)8-10-26(11-9-25,24(31)32-2)29-22-5-3-4-20(27)15-22/h3-7,14-15,17,19,29-30H,8-13,16H2,1-2H3/t17-,19-,25?,26?/m1/s1. The zero-order valence-electron chi connectivity index (χ0n) is 18.7. The van der Waals surface area contributed by atoms with Gasteiger partial charge in [-0.25, -0.2) is 9.18 Å². The first-order valence-corrected chi connectivity index (χ1v) is 11.7. The van der Waals surface area contributed by atoms with E-state index in [0.29, 0.717) is 23.8 Å². The quantitative estimate of drug-likeness (QED) is 0.559. The van der Waals surface area contributed by atoms with E-state index in [9.17, 15) is 14.3 Å². The van der Waals surface area contributed by atoms with E-state index in [1.54, 1.807) is 18.2 Å². The van der Waals surface area contributed by atoms with Gasteiger partial charge < -0.3 is 15.2 Å². The molecule has 0 amide bonds. The molecule has 2 aromatic carbocycles. The molecule has 0 bridgehead atoms. The van der Waals surface area contributed by atoms with E-state index < -0.39 is 5.54 Å². The summed E-state index contributed by atoms with van der Waals surface area (Å²) in [5.41, 5.74) is 2.10. The fourth-order valence-electron chi connectivity index (χ4n) is 5.99. The van der Waals surface area contributed by atoms with Crippen LogP contribution in [-0.4, -0.2) is 30.3 Å². The predicted molar refractivity (Wildman–Crippen MR) is 124 cm³/mol. The molecule has 1 spiro atoms. The minimum absolute atomic E-state index is 0.125. The monoisotopic (exact) mass is 459 g/mol. The Balaban J connectivity index is 1.66. The van der Waals surface area contributed by atoms with Gasteiger partial charge in [0, 0.05) is 17.3 Å². The van der Waals surface area contributed by atoms with Crippen LogP contribution in [0.25, 0.3) is 0 Å². The number of aliphatic hydroxyl groups is 1. The zero-order valence-corrected chi connectivity index (χ0v) is 19.4. The Hall–Kier alpha value is -2.11. The second-order valence-corrected chi connectivity index (χ2v) is 10.0. The number of ether oxygens (including phenoxy) is 1. The van der Waals surface area contributed by atoms with Crippen molar-refractivity contribution in [2.24, 2.45) is 11.8 Å². The Morgan fingerprint density at radius 2 is 2.00 bits per heavy atom. The molecule has 0 aliphatic heterocycles. The number of esters is 1. The minimum Gasteiger partial charge on any atom is -0.467 e. The molecule has 32 heavy (non-hydrogen) atoms. The van der Waals surface area contributed by atoms with E-state index in [2.05, 4.69) is 12.2 Å². The number of carbonyl (C=O) groups excluding carboxylic acids is 1. The van der Waals surface area contributed by atoms with E-state index in [0.717, 1.165) is 36.9 Å². The Bertz CT molecular complexity index is 987. The molecule has 2 aromatic rings. The summed E-state index contributed by atoms with van der Waals surface area (Å²) in [5.74, 6) is -0.00166. The van der Waals surface area contributed by atoms with Crippen LogP contribution in [0.5, 0.6) is 0 Å². The highest BCUT2D eigenvalue weighted by atomic mass is 35.5. The van der Waals surface area contributed by atoms with Gasteiger partial charge in [0.05, 0.1) is 7.11 Å². The summed E-state index contributed by atoms with van der Waals surface area (Å²) in [6.45, 7) is 2.19. The number of halogens is 2. The highest BCUT2D eigenvalue weighted by Crippen LogP contribution is 2.56. The molecular weight excluding hydrogens is 429 g/mol. The Morgan fingerprint density at radius 3 is 2.66 bits per heavy atom. The summed E-state index contributed by atoms with van der Waals surface area (Å²) in [4.78, 5) is 13.0. The molecule has 2 aliphatic rings. The molecule has 0 unspecified atom stereocenters. The van der Waals surface area contributed by atoms with E-state index in [1.807, 2.05) is 24.3 Å². The summed E-state index contributed by atoms with van der Waals surface area (Å²) in [6, 6.07) is 12.5. The summed E-state index contributed by atoms with van der Waals surface area (Å²) >= 11 is 6.16. The van der Waals surface area contributed by atoms with Gasteiger partial charge in [-0.2, -0.15) is 0 Å². The summed E-state index contributed by atoms with van der Waals surface area (Å²) in [5, 5.41) is 13.7. The number of anilines is 1. The summed E-state index contributed by atoms with van der Waals surface area (Å²) < 4.78 is 19.2. The number of methoxy groups -OCH3 is 1. The predicted octanol–water partition coefficient (Wildman–Crippen LogP) is 5.51. The Morgan fingerprint density at radius 1 is 1.25 bits per heavy atom. The van der Waals surface area contributed by atoms with Crippen LogP contribution in [0.15, 0.2) is 42.5 Å². The molecular formula is C26H31ClFNO3. The molecule has 4 rings (SSSR count).